The lowest BCUT2D eigenvalue weighted by molar-refractivity contribution is -0.340. The molecule has 0 aromatic heterocycles. The molecule has 10 atom stereocenters. The van der Waals surface area contributed by atoms with E-state index in [2.05, 4.69) is 43.9 Å². The van der Waals surface area contributed by atoms with Crippen LogP contribution in [0.2, 0.25) is 18.1 Å². The third-order valence-corrected chi connectivity index (χ3v) is 15.1. The van der Waals surface area contributed by atoms with E-state index < -0.39 is 75.6 Å². The maximum absolute atomic E-state index is 12.6. The number of carbonyl (C=O) groups is 1. The van der Waals surface area contributed by atoms with Crippen LogP contribution in [0.1, 0.15) is 58.2 Å². The van der Waals surface area contributed by atoms with Gasteiger partial charge in [0.2, 0.25) is 6.29 Å². The second-order valence-electron chi connectivity index (χ2n) is 16.2. The summed E-state index contributed by atoms with van der Waals surface area (Å²) in [6, 6.07) is 28.0. The van der Waals surface area contributed by atoms with Crippen molar-refractivity contribution in [2.24, 2.45) is 5.11 Å². The van der Waals surface area contributed by atoms with Gasteiger partial charge in [-0.2, -0.15) is 0 Å². The number of azide groups is 1. The number of rotatable bonds is 17. The smallest absolute Gasteiger partial charge is 0.303 e. The van der Waals surface area contributed by atoms with E-state index >= 15 is 0 Å². The van der Waals surface area contributed by atoms with Gasteiger partial charge in [0.1, 0.15) is 30.5 Å². The lowest BCUT2D eigenvalue weighted by atomic mass is 9.95. The van der Waals surface area contributed by atoms with Crippen molar-refractivity contribution in [3.05, 3.63) is 118 Å². The molecular weight excluding hydrogens is 761 g/mol. The molecule has 15 heteroatoms. The topological polar surface area (TPSA) is 173 Å². The molecule has 2 heterocycles. The molecule has 0 radical (unpaired) electrons. The van der Waals surface area contributed by atoms with Gasteiger partial charge in [0, 0.05) is 18.8 Å². The first-order chi connectivity index (χ1) is 27.7. The Kier molecular flexibility index (Phi) is 16.0. The number of nitrogens with one attached hydrogen (secondary N) is 1. The van der Waals surface area contributed by atoms with Crippen LogP contribution < -0.4 is 0 Å². The molecular formula is C43H58N4O10Si. The molecule has 14 nitrogen and oxygen atoms in total. The van der Waals surface area contributed by atoms with Crippen molar-refractivity contribution in [1.82, 2.24) is 0 Å². The van der Waals surface area contributed by atoms with Gasteiger partial charge in [-0.3, -0.25) is 10.2 Å². The van der Waals surface area contributed by atoms with Crippen LogP contribution in [0.25, 0.3) is 10.4 Å². The number of ether oxygens (including phenoxy) is 8. The van der Waals surface area contributed by atoms with Crippen molar-refractivity contribution in [3.63, 3.8) is 0 Å². The first-order valence-corrected chi connectivity index (χ1v) is 22.6. The lowest BCUT2D eigenvalue weighted by Gasteiger charge is -2.51. The quantitative estimate of drug-likeness (QED) is 0.0266. The fourth-order valence-electron chi connectivity index (χ4n) is 6.66. The molecule has 2 aliphatic heterocycles. The zero-order valence-corrected chi connectivity index (χ0v) is 35.7. The van der Waals surface area contributed by atoms with Crippen LogP contribution in [0.5, 0.6) is 0 Å². The van der Waals surface area contributed by atoms with Gasteiger partial charge in [-0.15, -0.1) is 0 Å². The fourth-order valence-corrected chi connectivity index (χ4v) is 7.98. The molecule has 0 amide bonds. The van der Waals surface area contributed by atoms with E-state index in [9.17, 15) is 10.3 Å². The minimum absolute atomic E-state index is 0.0947. The molecule has 2 aliphatic rings. The van der Waals surface area contributed by atoms with E-state index in [0.717, 1.165) is 16.7 Å². The van der Waals surface area contributed by atoms with Gasteiger partial charge >= 0.3 is 5.97 Å². The fraction of sp³-hybridized carbons (Fsp3) is 0.535. The van der Waals surface area contributed by atoms with E-state index in [1.165, 1.54) is 13.8 Å². The third kappa shape index (κ3) is 12.2. The summed E-state index contributed by atoms with van der Waals surface area (Å²) in [6.45, 7) is 16.0. The first kappa shape index (κ1) is 44.9. The monoisotopic (exact) mass is 818 g/mol. The maximum Gasteiger partial charge on any atom is 0.303 e. The highest BCUT2D eigenvalue weighted by Crippen LogP contribution is 2.42. The second-order valence-corrected chi connectivity index (χ2v) is 20.9. The summed E-state index contributed by atoms with van der Waals surface area (Å²) in [4.78, 5) is 15.8. The molecule has 0 spiro atoms. The van der Waals surface area contributed by atoms with E-state index in [-0.39, 0.29) is 30.8 Å². The van der Waals surface area contributed by atoms with Crippen molar-refractivity contribution in [2.45, 2.75) is 141 Å². The van der Waals surface area contributed by atoms with Crippen molar-refractivity contribution in [2.75, 3.05) is 6.61 Å². The van der Waals surface area contributed by atoms with Crippen molar-refractivity contribution < 1.29 is 47.1 Å². The van der Waals surface area contributed by atoms with Crippen molar-refractivity contribution in [1.29, 1.82) is 5.41 Å². The maximum atomic E-state index is 12.6. The van der Waals surface area contributed by atoms with Gasteiger partial charge in [0.25, 0.3) is 0 Å². The van der Waals surface area contributed by atoms with E-state index in [1.54, 1.807) is 6.92 Å². The minimum atomic E-state index is -2.53. The summed E-state index contributed by atoms with van der Waals surface area (Å²) in [7, 11) is -2.53. The normalized spacial score (nSPS) is 27.6. The minimum Gasteiger partial charge on any atom is -0.453 e. The van der Waals surface area contributed by atoms with Gasteiger partial charge in [-0.25, -0.2) is 0 Å². The molecule has 5 rings (SSSR count). The molecule has 58 heavy (non-hydrogen) atoms. The second kappa shape index (κ2) is 20.7. The van der Waals surface area contributed by atoms with Gasteiger partial charge < -0.3 is 42.3 Å². The number of nitrogens with zero attached hydrogens (tertiary/aromatic N) is 3. The summed E-state index contributed by atoms with van der Waals surface area (Å²) in [5, 5.41) is 12.1. The number of benzene rings is 3. The Morgan fingerprint density at radius 1 is 0.759 bits per heavy atom. The van der Waals surface area contributed by atoms with Crippen LogP contribution in [0.3, 0.4) is 0 Å². The SMILES string of the molecule is CC(=N)O[C@@H]1OC(C)[C@@H](O[C@@H]2OC(COCc3ccccc3)[C@H](O[Si](C)(C)C(C)(C)C)C(OCc3ccccc3)[C@@H]2N=[N+]=[N-])C(OCc2ccccc2)[C@@H]1OC(C)=O. The zero-order valence-electron chi connectivity index (χ0n) is 34.7. The molecule has 0 bridgehead atoms. The van der Waals surface area contributed by atoms with Gasteiger partial charge in [0.15, 0.2) is 26.6 Å². The molecule has 0 saturated carbocycles. The molecule has 4 unspecified atom stereocenters. The number of hydrogen-bond acceptors (Lipinski definition) is 12. The van der Waals surface area contributed by atoms with Crippen LogP contribution in [-0.4, -0.2) is 88.1 Å². The molecule has 0 aliphatic carbocycles. The van der Waals surface area contributed by atoms with Gasteiger partial charge in [0.05, 0.1) is 38.6 Å². The summed E-state index contributed by atoms with van der Waals surface area (Å²) < 4.78 is 58.3. The predicted octanol–water partition coefficient (Wildman–Crippen LogP) is 8.24. The van der Waals surface area contributed by atoms with E-state index in [4.69, 9.17) is 47.7 Å². The summed E-state index contributed by atoms with van der Waals surface area (Å²) >= 11 is 0. The Balaban J connectivity index is 1.55. The van der Waals surface area contributed by atoms with Crippen molar-refractivity contribution in [3.8, 4) is 0 Å². The standard InChI is InChI=1S/C43H58N4O10Si/c1-28-36(39(51-26-33-22-16-11-17-23-33)40(54-30(3)48)42(52-28)53-29(2)44)56-41-35(46-47-45)38(50-25-32-20-14-10-15-21-32)37(57-58(7,8)43(4,5)6)34(55-41)27-49-24-31-18-12-9-13-19-31/h9-23,28,34-42,44H,24-27H2,1-8H3/t28?,34?,35-,36+,37-,38?,39?,40-,41-,42-/m0/s1. The zero-order chi connectivity index (χ0) is 41.9. The third-order valence-electron chi connectivity index (χ3n) is 10.6. The van der Waals surface area contributed by atoms with E-state index in [1.807, 2.05) is 91.0 Å². The number of esters is 1. The number of carbonyl (C=O) groups excluding carboxylic acids is 1. The first-order valence-electron chi connectivity index (χ1n) is 19.7. The molecule has 2 saturated heterocycles. The Bertz CT molecular complexity index is 1790. The highest BCUT2D eigenvalue weighted by atomic mass is 28.4. The largest absolute Gasteiger partial charge is 0.453 e. The van der Waals surface area contributed by atoms with Crippen LogP contribution in [0.4, 0.5) is 0 Å². The van der Waals surface area contributed by atoms with Crippen LogP contribution >= 0.6 is 0 Å². The van der Waals surface area contributed by atoms with Crippen LogP contribution in [-0.2, 0) is 66.9 Å². The summed E-state index contributed by atoms with van der Waals surface area (Å²) in [6.07, 6.45) is -8.65. The average molecular weight is 819 g/mol. The van der Waals surface area contributed by atoms with Crippen LogP contribution in [0, 0.1) is 5.41 Å². The highest BCUT2D eigenvalue weighted by molar-refractivity contribution is 6.74. The van der Waals surface area contributed by atoms with Crippen molar-refractivity contribution >= 4 is 20.2 Å². The van der Waals surface area contributed by atoms with Gasteiger partial charge in [-0.1, -0.05) is 117 Å². The van der Waals surface area contributed by atoms with E-state index in [0.29, 0.717) is 6.61 Å². The van der Waals surface area contributed by atoms with Crippen LogP contribution in [0.15, 0.2) is 96.1 Å². The predicted molar refractivity (Wildman–Crippen MR) is 219 cm³/mol. The Hall–Kier alpha value is -4.15. The molecule has 314 valence electrons. The highest BCUT2D eigenvalue weighted by Gasteiger charge is 2.55. The Morgan fingerprint density at radius 2 is 1.29 bits per heavy atom. The Labute approximate surface area is 342 Å². The summed E-state index contributed by atoms with van der Waals surface area (Å²) in [5.41, 5.74) is 12.8. The summed E-state index contributed by atoms with van der Waals surface area (Å²) in [5.74, 6) is -0.748. The Morgan fingerprint density at radius 3 is 1.79 bits per heavy atom. The molecule has 1 N–H and O–H groups in total. The van der Waals surface area contributed by atoms with Gasteiger partial charge in [-0.05, 0) is 47.3 Å². The average Bonchev–Trinajstić information content (AvgIpc) is 3.17. The number of hydrogen-bond donors (Lipinski definition) is 1. The molecule has 2 fully saturated rings. The molecule has 3 aromatic rings. The lowest BCUT2D eigenvalue weighted by Crippen LogP contribution is -2.66. The molecule has 3 aromatic carbocycles.